The van der Waals surface area contributed by atoms with Crippen LogP contribution in [-0.2, 0) is 4.79 Å². The highest BCUT2D eigenvalue weighted by Crippen LogP contribution is 2.39. The van der Waals surface area contributed by atoms with E-state index in [1.807, 2.05) is 43.1 Å². The largest absolute Gasteiger partial charge is 0.494 e. The van der Waals surface area contributed by atoms with Crippen molar-refractivity contribution in [2.45, 2.75) is 25.8 Å². The molecule has 0 bridgehead atoms. The normalized spacial score (nSPS) is 15.5. The summed E-state index contributed by atoms with van der Waals surface area (Å²) >= 11 is 1.57. The van der Waals surface area contributed by atoms with Crippen molar-refractivity contribution in [3.63, 3.8) is 0 Å². The molecule has 1 saturated heterocycles. The van der Waals surface area contributed by atoms with E-state index in [2.05, 4.69) is 25.6 Å². The van der Waals surface area contributed by atoms with Crippen LogP contribution < -0.4 is 24.8 Å². The summed E-state index contributed by atoms with van der Waals surface area (Å²) in [5.41, 5.74) is 5.03. The highest BCUT2D eigenvalue weighted by atomic mass is 32.1. The smallest absolute Gasteiger partial charge is 0.284 e. The van der Waals surface area contributed by atoms with Crippen molar-refractivity contribution in [1.29, 1.82) is 0 Å². The zero-order chi connectivity index (χ0) is 30.8. The third-order valence-corrected chi connectivity index (χ3v) is 8.43. The van der Waals surface area contributed by atoms with Gasteiger partial charge in [-0.2, -0.15) is 0 Å². The number of hydrogen-bond donors (Lipinski definition) is 2. The van der Waals surface area contributed by atoms with Gasteiger partial charge in [0.2, 0.25) is 0 Å². The predicted molar refractivity (Wildman–Crippen MR) is 170 cm³/mol. The third kappa shape index (κ3) is 5.99. The molecule has 0 spiro atoms. The molecule has 1 aliphatic rings. The number of likely N-dealkylation sites (N-methyl/N-ethyl adjacent to an activating group) is 1. The van der Waals surface area contributed by atoms with Crippen LogP contribution in [0.25, 0.3) is 21.1 Å². The lowest BCUT2D eigenvalue weighted by Gasteiger charge is -2.17. The van der Waals surface area contributed by atoms with Gasteiger partial charge in [0.15, 0.2) is 5.83 Å². The number of anilines is 3. The van der Waals surface area contributed by atoms with Gasteiger partial charge in [0.1, 0.15) is 35.1 Å². The maximum atomic E-state index is 14.9. The van der Waals surface area contributed by atoms with Crippen LogP contribution >= 0.6 is 11.3 Å². The number of likely N-dealkylation sites (tertiary alicyclic amines) is 1. The van der Waals surface area contributed by atoms with Gasteiger partial charge in [-0.25, -0.2) is 19.3 Å². The van der Waals surface area contributed by atoms with Crippen LogP contribution in [0.3, 0.4) is 0 Å². The summed E-state index contributed by atoms with van der Waals surface area (Å²) in [5.74, 6) is 0.922. The quantitative estimate of drug-likeness (QED) is 0.170. The number of methoxy groups -OCH3 is 2. The second-order valence-corrected chi connectivity index (χ2v) is 11.4. The zero-order valence-electron chi connectivity index (χ0n) is 24.7. The van der Waals surface area contributed by atoms with Crippen molar-refractivity contribution < 1.29 is 23.4 Å². The highest BCUT2D eigenvalue weighted by Gasteiger charge is 2.22. The number of benzene rings is 3. The Balaban J connectivity index is 1.28. The van der Waals surface area contributed by atoms with Crippen LogP contribution in [-0.4, -0.2) is 59.6 Å². The average Bonchev–Trinajstić information content (AvgIpc) is 3.66. The molecule has 1 aliphatic heterocycles. The molecule has 3 aromatic carbocycles. The molecule has 5 aromatic rings. The van der Waals surface area contributed by atoms with E-state index in [0.29, 0.717) is 45.4 Å². The van der Waals surface area contributed by atoms with E-state index in [1.165, 1.54) is 19.5 Å². The Morgan fingerprint density at radius 2 is 1.84 bits per heavy atom. The van der Waals surface area contributed by atoms with Crippen molar-refractivity contribution in [3.05, 3.63) is 71.8 Å². The molecule has 44 heavy (non-hydrogen) atoms. The molecule has 0 aliphatic carbocycles. The summed E-state index contributed by atoms with van der Waals surface area (Å²) in [6, 6.07) is 12.7. The van der Waals surface area contributed by atoms with Crippen molar-refractivity contribution in [2.75, 3.05) is 38.4 Å². The van der Waals surface area contributed by atoms with Gasteiger partial charge < -0.3 is 24.8 Å². The molecule has 10 nitrogen and oxygen atoms in total. The summed E-state index contributed by atoms with van der Waals surface area (Å²) in [5, 5.41) is 6.56. The van der Waals surface area contributed by atoms with Gasteiger partial charge in [-0.1, -0.05) is 0 Å². The van der Waals surface area contributed by atoms with E-state index in [-0.39, 0.29) is 11.7 Å². The fraction of sp³-hybridized carbons (Fsp3) is 0.250. The molecule has 12 heteroatoms. The second kappa shape index (κ2) is 12.4. The molecule has 0 saturated carbocycles. The maximum absolute atomic E-state index is 14.9. The number of amides is 1. The van der Waals surface area contributed by atoms with Gasteiger partial charge in [-0.15, -0.1) is 11.3 Å². The second-order valence-electron chi connectivity index (χ2n) is 10.5. The van der Waals surface area contributed by atoms with Gasteiger partial charge in [0.25, 0.3) is 5.91 Å². The van der Waals surface area contributed by atoms with Crippen molar-refractivity contribution >= 4 is 55.6 Å². The Morgan fingerprint density at radius 3 is 2.61 bits per heavy atom. The van der Waals surface area contributed by atoms with Crippen molar-refractivity contribution in [2.24, 2.45) is 0 Å². The standard InChI is InChI=1S/C32H31FN6O4S/c1-18-10-24(29(42-4)15-27(18)43-20-7-8-30-26(12-20)36-17-44-30)37-31-21-13-25(28(41-3)14-23(21)34-16-35-31)38-32(40)22(33)11-19-6-5-9-39(19)2/h7-8,10-17,19H,5-6,9H2,1-4H3,(H,38,40)(H,34,35,37). The lowest BCUT2D eigenvalue weighted by Crippen LogP contribution is -2.24. The first kappa shape index (κ1) is 29.3. The fourth-order valence-electron chi connectivity index (χ4n) is 5.22. The van der Waals surface area contributed by atoms with Gasteiger partial charge in [-0.3, -0.25) is 9.69 Å². The number of ether oxygens (including phenoxy) is 3. The average molecular weight is 615 g/mol. The number of thiazole rings is 1. The molecule has 6 rings (SSSR count). The number of carbonyl (C=O) groups excluding carboxylic acids is 1. The number of aryl methyl sites for hydroxylation is 1. The van der Waals surface area contributed by atoms with E-state index in [0.717, 1.165) is 35.2 Å². The van der Waals surface area contributed by atoms with E-state index in [4.69, 9.17) is 14.2 Å². The molecule has 2 aromatic heterocycles. The first-order chi connectivity index (χ1) is 21.3. The minimum absolute atomic E-state index is 0.111. The third-order valence-electron chi connectivity index (χ3n) is 7.62. The molecule has 1 unspecified atom stereocenters. The van der Waals surface area contributed by atoms with E-state index >= 15 is 0 Å². The summed E-state index contributed by atoms with van der Waals surface area (Å²) < 4.78 is 33.4. The minimum atomic E-state index is -0.851. The molecular weight excluding hydrogens is 583 g/mol. The van der Waals surface area contributed by atoms with Crippen molar-refractivity contribution in [3.8, 4) is 23.0 Å². The maximum Gasteiger partial charge on any atom is 0.284 e. The monoisotopic (exact) mass is 614 g/mol. The van der Waals surface area contributed by atoms with Crippen LogP contribution in [0.2, 0.25) is 0 Å². The summed E-state index contributed by atoms with van der Waals surface area (Å²) in [6.07, 6.45) is 4.56. The Hall–Kier alpha value is -4.81. The van der Waals surface area contributed by atoms with Crippen LogP contribution in [0.1, 0.15) is 18.4 Å². The molecule has 1 amide bonds. The van der Waals surface area contributed by atoms with Crippen LogP contribution in [0.4, 0.5) is 21.6 Å². The summed E-state index contributed by atoms with van der Waals surface area (Å²) in [4.78, 5) is 28.0. The first-order valence-corrected chi connectivity index (χ1v) is 14.9. The number of hydrogen-bond acceptors (Lipinski definition) is 10. The molecule has 0 radical (unpaired) electrons. The number of aromatic nitrogens is 3. The lowest BCUT2D eigenvalue weighted by molar-refractivity contribution is -0.114. The Morgan fingerprint density at radius 1 is 1.02 bits per heavy atom. The van der Waals surface area contributed by atoms with E-state index in [9.17, 15) is 9.18 Å². The topological polar surface area (TPSA) is 111 Å². The number of carbonyl (C=O) groups is 1. The summed E-state index contributed by atoms with van der Waals surface area (Å²) in [7, 11) is 4.96. The minimum Gasteiger partial charge on any atom is -0.494 e. The number of fused-ring (bicyclic) bond motifs is 2. The van der Waals surface area contributed by atoms with Crippen LogP contribution in [0.5, 0.6) is 23.0 Å². The fourth-order valence-corrected chi connectivity index (χ4v) is 5.88. The van der Waals surface area contributed by atoms with E-state index in [1.54, 1.807) is 42.2 Å². The number of nitrogens with one attached hydrogen (secondary N) is 2. The molecule has 1 fully saturated rings. The van der Waals surface area contributed by atoms with E-state index < -0.39 is 11.7 Å². The van der Waals surface area contributed by atoms with Crippen LogP contribution in [0, 0.1) is 6.92 Å². The molecule has 3 heterocycles. The Bertz CT molecular complexity index is 1890. The summed E-state index contributed by atoms with van der Waals surface area (Å²) in [6.45, 7) is 2.80. The van der Waals surface area contributed by atoms with Gasteiger partial charge in [0, 0.05) is 29.6 Å². The zero-order valence-corrected chi connectivity index (χ0v) is 25.5. The Labute approximate surface area is 257 Å². The predicted octanol–water partition coefficient (Wildman–Crippen LogP) is 6.99. The first-order valence-electron chi connectivity index (χ1n) is 14.0. The number of halogens is 1. The van der Waals surface area contributed by atoms with Crippen LogP contribution in [0.15, 0.2) is 66.2 Å². The number of rotatable bonds is 9. The highest BCUT2D eigenvalue weighted by molar-refractivity contribution is 7.16. The van der Waals surface area contributed by atoms with Gasteiger partial charge in [0.05, 0.1) is 46.8 Å². The number of nitrogens with zero attached hydrogens (tertiary/aromatic N) is 4. The lowest BCUT2D eigenvalue weighted by atomic mass is 10.1. The van der Waals surface area contributed by atoms with Gasteiger partial charge >= 0.3 is 0 Å². The molecular formula is C32H31FN6O4S. The molecule has 1 atom stereocenters. The molecule has 226 valence electrons. The van der Waals surface area contributed by atoms with Crippen molar-refractivity contribution in [1.82, 2.24) is 19.9 Å². The Kier molecular flexibility index (Phi) is 8.27. The molecule has 2 N–H and O–H groups in total. The van der Waals surface area contributed by atoms with Gasteiger partial charge in [-0.05, 0) is 69.3 Å². The SMILES string of the molecule is COc1cc2ncnc(Nc3cc(C)c(Oc4ccc5scnc5c4)cc3OC)c2cc1NC(=O)C(F)=CC1CCCN1C.